The number of Topliss-reactive ketones (excluding diaryl/α,β-unsaturated/α-hetero) is 1. The highest BCUT2D eigenvalue weighted by Crippen LogP contribution is 2.19. The highest BCUT2D eigenvalue weighted by atomic mass is 16.1. The second-order valence-electron chi connectivity index (χ2n) is 6.19. The zero-order valence-corrected chi connectivity index (χ0v) is 12.3. The lowest BCUT2D eigenvalue weighted by Crippen LogP contribution is -3.17. The van der Waals surface area contributed by atoms with Gasteiger partial charge in [-0.1, -0.05) is 25.1 Å². The molecule has 1 aliphatic rings. The van der Waals surface area contributed by atoms with Gasteiger partial charge in [0.05, 0.1) is 13.1 Å². The molecule has 1 aliphatic heterocycles. The number of likely N-dealkylation sites (tertiary alicyclic amines) is 1. The van der Waals surface area contributed by atoms with Crippen LogP contribution in [0.1, 0.15) is 37.0 Å². The Balaban J connectivity index is 1.84. The maximum absolute atomic E-state index is 12.8. The summed E-state index contributed by atoms with van der Waals surface area (Å²) >= 11 is 0. The number of H-pyrrole nitrogens is 1. The lowest BCUT2D eigenvalue weighted by molar-refractivity contribution is -0.921. The largest absolute Gasteiger partial charge is 0.360 e. The normalized spacial score (nSPS) is 24.7. The van der Waals surface area contributed by atoms with Gasteiger partial charge in [-0.05, 0) is 25.8 Å². The molecule has 3 atom stereocenters. The number of piperidine rings is 1. The van der Waals surface area contributed by atoms with Gasteiger partial charge in [0.2, 0.25) is 5.78 Å². The topological polar surface area (TPSA) is 37.3 Å². The Kier molecular flexibility index (Phi) is 3.62. The summed E-state index contributed by atoms with van der Waals surface area (Å²) in [4.78, 5) is 17.4. The third-order valence-electron chi connectivity index (χ3n) is 4.67. The number of para-hydroxylation sites is 1. The molecule has 1 saturated heterocycles. The van der Waals surface area contributed by atoms with Gasteiger partial charge in [-0.25, -0.2) is 0 Å². The van der Waals surface area contributed by atoms with Gasteiger partial charge in [0.25, 0.3) is 0 Å². The van der Waals surface area contributed by atoms with Crippen LogP contribution >= 0.6 is 0 Å². The van der Waals surface area contributed by atoms with Gasteiger partial charge in [0.1, 0.15) is 6.04 Å². The van der Waals surface area contributed by atoms with Crippen molar-refractivity contribution in [1.29, 1.82) is 0 Å². The number of rotatable bonds is 3. The molecule has 2 heterocycles. The fraction of sp³-hybridized carbons (Fsp3) is 0.471. The van der Waals surface area contributed by atoms with E-state index in [1.165, 1.54) is 17.7 Å². The Morgan fingerprint density at radius 3 is 3.00 bits per heavy atom. The Labute approximate surface area is 120 Å². The maximum atomic E-state index is 12.8. The first-order valence-corrected chi connectivity index (χ1v) is 7.61. The Hall–Kier alpha value is -1.61. The van der Waals surface area contributed by atoms with Crippen molar-refractivity contribution in [3.63, 3.8) is 0 Å². The lowest BCUT2D eigenvalue weighted by Gasteiger charge is -2.31. The molecule has 0 amide bonds. The van der Waals surface area contributed by atoms with Gasteiger partial charge in [-0.2, -0.15) is 0 Å². The quantitative estimate of drug-likeness (QED) is 0.824. The minimum atomic E-state index is 0.0527. The van der Waals surface area contributed by atoms with E-state index >= 15 is 0 Å². The molecule has 0 radical (unpaired) electrons. The number of hydrogen-bond acceptors (Lipinski definition) is 1. The molecule has 106 valence electrons. The van der Waals surface area contributed by atoms with Crippen LogP contribution in [-0.4, -0.2) is 29.9 Å². The molecule has 3 heteroatoms. The molecule has 0 spiro atoms. The summed E-state index contributed by atoms with van der Waals surface area (Å²) in [7, 11) is 0. The predicted octanol–water partition coefficient (Wildman–Crippen LogP) is 2.05. The third-order valence-corrected chi connectivity index (χ3v) is 4.67. The molecule has 3 rings (SSSR count). The Morgan fingerprint density at radius 1 is 1.40 bits per heavy atom. The summed E-state index contributed by atoms with van der Waals surface area (Å²) in [6, 6.07) is 8.09. The number of aromatic nitrogens is 1. The summed E-state index contributed by atoms with van der Waals surface area (Å²) in [6.45, 7) is 6.62. The predicted molar refractivity (Wildman–Crippen MR) is 81.2 cm³/mol. The van der Waals surface area contributed by atoms with E-state index in [-0.39, 0.29) is 11.8 Å². The molecule has 2 N–H and O–H groups in total. The standard InChI is InChI=1S/C17H22N2O/c1-12-6-5-9-19(11-12)13(2)17(20)15-10-18-16-8-4-3-7-14(15)16/h3-4,7-8,10,12-13,18H,5-6,9,11H2,1-2H3/p+1/t12-,13+/m0/s1. The Morgan fingerprint density at radius 2 is 2.20 bits per heavy atom. The summed E-state index contributed by atoms with van der Waals surface area (Å²) in [5.41, 5.74) is 1.89. The molecule has 3 nitrogen and oxygen atoms in total. The summed E-state index contributed by atoms with van der Waals surface area (Å²) in [5.74, 6) is 1.00. The molecule has 1 aromatic heterocycles. The minimum absolute atomic E-state index is 0.0527. The van der Waals surface area contributed by atoms with E-state index < -0.39 is 0 Å². The van der Waals surface area contributed by atoms with Crippen LogP contribution in [0.3, 0.4) is 0 Å². The van der Waals surface area contributed by atoms with Crippen molar-refractivity contribution >= 4 is 16.7 Å². The van der Waals surface area contributed by atoms with E-state index in [2.05, 4.69) is 18.8 Å². The smallest absolute Gasteiger partial charge is 0.221 e. The van der Waals surface area contributed by atoms with Crippen molar-refractivity contribution in [3.8, 4) is 0 Å². The van der Waals surface area contributed by atoms with Crippen LogP contribution in [0.25, 0.3) is 10.9 Å². The first-order chi connectivity index (χ1) is 9.66. The maximum Gasteiger partial charge on any atom is 0.221 e. The number of fused-ring (bicyclic) bond motifs is 1. The number of ketones is 1. The first-order valence-electron chi connectivity index (χ1n) is 7.61. The van der Waals surface area contributed by atoms with E-state index in [9.17, 15) is 4.79 Å². The molecular formula is C17H23N2O+. The van der Waals surface area contributed by atoms with Crippen molar-refractivity contribution in [3.05, 3.63) is 36.0 Å². The van der Waals surface area contributed by atoms with Gasteiger partial charge in [-0.15, -0.1) is 0 Å². The molecule has 0 aliphatic carbocycles. The van der Waals surface area contributed by atoms with Crippen LogP contribution < -0.4 is 4.90 Å². The summed E-state index contributed by atoms with van der Waals surface area (Å²) in [5, 5.41) is 1.05. The number of benzene rings is 1. The van der Waals surface area contributed by atoms with E-state index in [1.54, 1.807) is 0 Å². The molecule has 0 bridgehead atoms. The van der Waals surface area contributed by atoms with E-state index in [0.29, 0.717) is 0 Å². The number of quaternary nitrogens is 1. The number of hydrogen-bond donors (Lipinski definition) is 2. The number of nitrogens with one attached hydrogen (secondary N) is 2. The zero-order chi connectivity index (χ0) is 14.1. The van der Waals surface area contributed by atoms with E-state index in [0.717, 1.165) is 35.5 Å². The minimum Gasteiger partial charge on any atom is -0.360 e. The number of carbonyl (C=O) groups is 1. The van der Waals surface area contributed by atoms with Crippen molar-refractivity contribution in [1.82, 2.24) is 4.98 Å². The second-order valence-corrected chi connectivity index (χ2v) is 6.19. The monoisotopic (exact) mass is 271 g/mol. The summed E-state index contributed by atoms with van der Waals surface area (Å²) < 4.78 is 0. The molecule has 1 aromatic carbocycles. The van der Waals surface area contributed by atoms with Gasteiger partial charge < -0.3 is 9.88 Å². The fourth-order valence-electron chi connectivity index (χ4n) is 3.42. The molecule has 20 heavy (non-hydrogen) atoms. The Bertz CT molecular complexity index is 616. The van der Waals surface area contributed by atoms with Crippen LogP contribution in [-0.2, 0) is 0 Å². The highest BCUT2D eigenvalue weighted by Gasteiger charge is 2.30. The van der Waals surface area contributed by atoms with Crippen LogP contribution in [0, 0.1) is 5.92 Å². The van der Waals surface area contributed by atoms with E-state index in [4.69, 9.17) is 0 Å². The molecule has 1 fully saturated rings. The molecular weight excluding hydrogens is 248 g/mol. The van der Waals surface area contributed by atoms with Crippen LogP contribution in [0.2, 0.25) is 0 Å². The lowest BCUT2D eigenvalue weighted by atomic mass is 9.96. The molecule has 0 saturated carbocycles. The van der Waals surface area contributed by atoms with E-state index in [1.807, 2.05) is 30.5 Å². The second kappa shape index (κ2) is 5.41. The van der Waals surface area contributed by atoms with Crippen LogP contribution in [0.5, 0.6) is 0 Å². The highest BCUT2D eigenvalue weighted by molar-refractivity contribution is 6.09. The van der Waals surface area contributed by atoms with Gasteiger partial charge in [0, 0.05) is 28.6 Å². The summed E-state index contributed by atoms with van der Waals surface area (Å²) in [6.07, 6.45) is 4.41. The SMILES string of the molecule is C[C@H]1CCC[NH+]([C@H](C)C(=O)c2c[nH]c3ccccc23)C1. The van der Waals surface area contributed by atoms with Gasteiger partial charge in [0.15, 0.2) is 0 Å². The molecule has 1 unspecified atom stereocenters. The number of carbonyl (C=O) groups excluding carboxylic acids is 1. The fourth-order valence-corrected chi connectivity index (χ4v) is 3.42. The van der Waals surface area contributed by atoms with Crippen LogP contribution in [0.15, 0.2) is 30.5 Å². The van der Waals surface area contributed by atoms with Crippen molar-refractivity contribution in [2.45, 2.75) is 32.7 Å². The number of aromatic amines is 1. The van der Waals surface area contributed by atoms with Crippen LogP contribution in [0.4, 0.5) is 0 Å². The third kappa shape index (κ3) is 2.38. The zero-order valence-electron chi connectivity index (χ0n) is 12.3. The van der Waals surface area contributed by atoms with Crippen molar-refractivity contribution in [2.24, 2.45) is 5.92 Å². The average Bonchev–Trinajstić information content (AvgIpc) is 2.89. The first kappa shape index (κ1) is 13.4. The average molecular weight is 271 g/mol. The van der Waals surface area contributed by atoms with Crippen molar-refractivity contribution < 1.29 is 9.69 Å². The molecule has 2 aromatic rings. The van der Waals surface area contributed by atoms with Gasteiger partial charge >= 0.3 is 0 Å². The van der Waals surface area contributed by atoms with Gasteiger partial charge in [-0.3, -0.25) is 4.79 Å². The van der Waals surface area contributed by atoms with Crippen molar-refractivity contribution in [2.75, 3.05) is 13.1 Å².